The molecule has 0 aromatic heterocycles. The number of aliphatic carboxylic acids is 1. The van der Waals surface area contributed by atoms with Gasteiger partial charge < -0.3 is 9.84 Å². The number of rotatable bonds is 1. The first kappa shape index (κ1) is 14.3. The number of halogens is 3. The van der Waals surface area contributed by atoms with Gasteiger partial charge in [0.25, 0.3) is 0 Å². The van der Waals surface area contributed by atoms with Crippen LogP contribution in [0, 0.1) is 0 Å². The molecule has 0 radical (unpaired) electrons. The van der Waals surface area contributed by atoms with Crippen molar-refractivity contribution in [2.45, 2.75) is 19.5 Å². The zero-order valence-electron chi connectivity index (χ0n) is 7.01. The van der Waals surface area contributed by atoms with Crippen LogP contribution in [0.1, 0.15) is 13.3 Å². The minimum atomic E-state index is -4.85. The van der Waals surface area contributed by atoms with Crippen LogP contribution >= 0.6 is 0 Å². The number of carboxylic acids is 1. The van der Waals surface area contributed by atoms with E-state index in [1.165, 1.54) is 0 Å². The minimum Gasteiger partial charge on any atom is -0.481 e. The molecule has 0 amide bonds. The van der Waals surface area contributed by atoms with E-state index in [1.807, 2.05) is 0 Å². The van der Waals surface area contributed by atoms with Crippen LogP contribution in [-0.4, -0.2) is 30.3 Å². The molecule has 0 saturated heterocycles. The van der Waals surface area contributed by atoms with Gasteiger partial charge in [-0.05, 0) is 0 Å². The third-order valence-corrected chi connectivity index (χ3v) is 0.719. The van der Waals surface area contributed by atoms with Gasteiger partial charge in [-0.25, -0.2) is 4.79 Å². The number of hydrogen-bond donors (Lipinski definition) is 1. The van der Waals surface area contributed by atoms with Crippen LogP contribution in [0.2, 0.25) is 0 Å². The number of carbonyl (C=O) groups is 2. The Bertz CT molecular complexity index is 175. The lowest BCUT2D eigenvalue weighted by Gasteiger charge is -1.99. The Kier molecular flexibility index (Phi) is 6.88. The van der Waals surface area contributed by atoms with E-state index in [-0.39, 0.29) is 6.42 Å². The van der Waals surface area contributed by atoms with Gasteiger partial charge in [0.2, 0.25) is 0 Å². The number of hydrogen-bond acceptors (Lipinski definition) is 3. The van der Waals surface area contributed by atoms with Gasteiger partial charge in [0.15, 0.2) is 0 Å². The average molecular weight is 202 g/mol. The second-order valence-corrected chi connectivity index (χ2v) is 1.74. The predicted octanol–water partition coefficient (Wildman–Crippen LogP) is 1.20. The molecular formula is C6H9F3O4. The van der Waals surface area contributed by atoms with Gasteiger partial charge in [0.1, 0.15) is 0 Å². The van der Waals surface area contributed by atoms with Gasteiger partial charge in [0, 0.05) is 6.42 Å². The van der Waals surface area contributed by atoms with Crippen LogP contribution in [0.5, 0.6) is 0 Å². The van der Waals surface area contributed by atoms with Crippen molar-refractivity contribution in [3.8, 4) is 0 Å². The zero-order chi connectivity index (χ0) is 11.1. The van der Waals surface area contributed by atoms with Crippen molar-refractivity contribution in [1.82, 2.24) is 0 Å². The van der Waals surface area contributed by atoms with Gasteiger partial charge in [-0.2, -0.15) is 13.2 Å². The van der Waals surface area contributed by atoms with Gasteiger partial charge in [-0.1, -0.05) is 6.92 Å². The van der Waals surface area contributed by atoms with Crippen molar-refractivity contribution in [2.24, 2.45) is 0 Å². The van der Waals surface area contributed by atoms with Crippen molar-refractivity contribution >= 4 is 11.9 Å². The second kappa shape index (κ2) is 6.27. The molecule has 4 nitrogen and oxygen atoms in total. The Hall–Kier alpha value is -1.27. The number of carboxylic acid groups (broad SMARTS) is 1. The smallest absolute Gasteiger partial charge is 0.481 e. The molecule has 0 saturated carbocycles. The van der Waals surface area contributed by atoms with E-state index in [1.54, 1.807) is 6.92 Å². The molecule has 0 aromatic carbocycles. The second-order valence-electron chi connectivity index (χ2n) is 1.74. The first-order valence-electron chi connectivity index (χ1n) is 3.12. The highest BCUT2D eigenvalue weighted by Gasteiger charge is 2.39. The molecule has 0 aliphatic rings. The topological polar surface area (TPSA) is 63.6 Å². The SMILES string of the molecule is CCC(=O)O.COC(=O)C(F)(F)F. The Balaban J connectivity index is 0. The molecule has 0 fully saturated rings. The predicted molar refractivity (Wildman–Crippen MR) is 36.0 cm³/mol. The van der Waals surface area contributed by atoms with E-state index in [4.69, 9.17) is 5.11 Å². The summed E-state index contributed by atoms with van der Waals surface area (Å²) in [6.07, 6.45) is -4.63. The molecule has 0 unspecified atom stereocenters. The molecule has 0 spiro atoms. The fourth-order valence-corrected chi connectivity index (χ4v) is 0.116. The van der Waals surface area contributed by atoms with Crippen LogP contribution in [0.4, 0.5) is 13.2 Å². The van der Waals surface area contributed by atoms with Crippen LogP contribution < -0.4 is 0 Å². The number of alkyl halides is 3. The summed E-state index contributed by atoms with van der Waals surface area (Å²) in [5.74, 6) is -2.91. The minimum absolute atomic E-state index is 0.222. The number of esters is 1. The molecule has 0 rings (SSSR count). The van der Waals surface area contributed by atoms with Crippen LogP contribution in [0.15, 0.2) is 0 Å². The van der Waals surface area contributed by atoms with E-state index < -0.39 is 18.1 Å². The summed E-state index contributed by atoms with van der Waals surface area (Å²) in [6, 6.07) is 0. The van der Waals surface area contributed by atoms with Crippen LogP contribution in [0.3, 0.4) is 0 Å². The molecular weight excluding hydrogens is 193 g/mol. The number of carbonyl (C=O) groups excluding carboxylic acids is 1. The van der Waals surface area contributed by atoms with Crippen molar-refractivity contribution < 1.29 is 32.6 Å². The maximum Gasteiger partial charge on any atom is 0.490 e. The summed E-state index contributed by atoms with van der Waals surface area (Å²) in [5, 5.41) is 7.72. The normalized spacial score (nSPS) is 9.62. The molecule has 0 aliphatic heterocycles. The summed E-state index contributed by atoms with van der Waals surface area (Å²) in [7, 11) is 0.676. The average Bonchev–Trinajstić information content (AvgIpc) is 2.02. The van der Waals surface area contributed by atoms with Gasteiger partial charge in [-0.3, -0.25) is 4.79 Å². The number of ether oxygens (including phenoxy) is 1. The van der Waals surface area contributed by atoms with E-state index in [0.29, 0.717) is 7.11 Å². The molecule has 0 aliphatic carbocycles. The van der Waals surface area contributed by atoms with Crippen LogP contribution in [-0.2, 0) is 14.3 Å². The monoisotopic (exact) mass is 202 g/mol. The lowest BCUT2D eigenvalue weighted by atomic mass is 10.5. The first-order valence-corrected chi connectivity index (χ1v) is 3.12. The van der Waals surface area contributed by atoms with E-state index >= 15 is 0 Å². The molecule has 1 N–H and O–H groups in total. The highest BCUT2D eigenvalue weighted by molar-refractivity contribution is 5.75. The lowest BCUT2D eigenvalue weighted by molar-refractivity contribution is -0.196. The van der Waals surface area contributed by atoms with Crippen molar-refractivity contribution in [3.05, 3.63) is 0 Å². The molecule has 0 bridgehead atoms. The number of methoxy groups -OCH3 is 1. The Morgan fingerprint density at radius 3 is 1.69 bits per heavy atom. The zero-order valence-corrected chi connectivity index (χ0v) is 7.01. The molecule has 0 atom stereocenters. The Morgan fingerprint density at radius 2 is 1.69 bits per heavy atom. The largest absolute Gasteiger partial charge is 0.490 e. The fourth-order valence-electron chi connectivity index (χ4n) is 0.116. The Labute approximate surface area is 72.3 Å². The first-order chi connectivity index (χ1) is 5.75. The molecule has 0 heterocycles. The summed E-state index contributed by atoms with van der Waals surface area (Å²) in [4.78, 5) is 18.9. The van der Waals surface area contributed by atoms with Crippen molar-refractivity contribution in [1.29, 1.82) is 0 Å². The van der Waals surface area contributed by atoms with Crippen molar-refractivity contribution in [3.63, 3.8) is 0 Å². The maximum atomic E-state index is 11.0. The summed E-state index contributed by atoms with van der Waals surface area (Å²) < 4.78 is 36.3. The third kappa shape index (κ3) is 10.7. The lowest BCUT2D eigenvalue weighted by Crippen LogP contribution is -2.23. The Morgan fingerprint density at radius 1 is 1.38 bits per heavy atom. The van der Waals surface area contributed by atoms with E-state index in [0.717, 1.165) is 0 Å². The summed E-state index contributed by atoms with van der Waals surface area (Å²) in [5.41, 5.74) is 0. The van der Waals surface area contributed by atoms with E-state index in [9.17, 15) is 22.8 Å². The van der Waals surface area contributed by atoms with Gasteiger partial charge in [-0.15, -0.1) is 0 Å². The quantitative estimate of drug-likeness (QED) is 0.649. The van der Waals surface area contributed by atoms with Gasteiger partial charge in [0.05, 0.1) is 7.11 Å². The highest BCUT2D eigenvalue weighted by atomic mass is 19.4. The molecule has 0 aromatic rings. The highest BCUT2D eigenvalue weighted by Crippen LogP contribution is 2.15. The third-order valence-electron chi connectivity index (χ3n) is 0.719. The van der Waals surface area contributed by atoms with Crippen molar-refractivity contribution in [2.75, 3.05) is 7.11 Å². The fraction of sp³-hybridized carbons (Fsp3) is 0.667. The standard InChI is InChI=1S/C3H3F3O2.C3H6O2/c1-8-2(7)3(4,5)6;1-2-3(4)5/h1H3;2H2,1H3,(H,4,5). The summed E-state index contributed by atoms with van der Waals surface area (Å²) >= 11 is 0. The molecule has 7 heteroatoms. The van der Waals surface area contributed by atoms with E-state index in [2.05, 4.69) is 4.74 Å². The van der Waals surface area contributed by atoms with Gasteiger partial charge >= 0.3 is 18.1 Å². The van der Waals surface area contributed by atoms with Crippen LogP contribution in [0.25, 0.3) is 0 Å². The summed E-state index contributed by atoms with van der Waals surface area (Å²) in [6.45, 7) is 1.60. The molecule has 78 valence electrons. The maximum absolute atomic E-state index is 11.0. The molecule has 13 heavy (non-hydrogen) atoms.